The van der Waals surface area contributed by atoms with Gasteiger partial charge in [0.15, 0.2) is 11.5 Å². The SMILES string of the molecule is CCOC(=O)N(Cc1ccccc1)[C@H]1C[C@@H](C)N(C(=O)OCC(C)C)c2cc(OC)c(OC)cc21. The molecule has 35 heavy (non-hydrogen) atoms. The van der Waals surface area contributed by atoms with Crippen molar-refractivity contribution in [2.24, 2.45) is 5.92 Å². The number of hydrogen-bond donors (Lipinski definition) is 0. The predicted molar refractivity (Wildman–Crippen MR) is 134 cm³/mol. The van der Waals surface area contributed by atoms with Gasteiger partial charge in [-0.15, -0.1) is 0 Å². The molecule has 1 heterocycles. The van der Waals surface area contributed by atoms with Gasteiger partial charge in [-0.2, -0.15) is 0 Å². The summed E-state index contributed by atoms with van der Waals surface area (Å²) in [6.45, 7) is 8.67. The summed E-state index contributed by atoms with van der Waals surface area (Å²) >= 11 is 0. The van der Waals surface area contributed by atoms with E-state index in [4.69, 9.17) is 18.9 Å². The summed E-state index contributed by atoms with van der Waals surface area (Å²) in [6, 6.07) is 12.8. The molecule has 0 aliphatic carbocycles. The Morgan fingerprint density at radius 3 is 2.31 bits per heavy atom. The summed E-state index contributed by atoms with van der Waals surface area (Å²) < 4.78 is 22.1. The molecule has 0 fully saturated rings. The van der Waals surface area contributed by atoms with Crippen LogP contribution in [0.25, 0.3) is 0 Å². The van der Waals surface area contributed by atoms with Crippen molar-refractivity contribution >= 4 is 17.9 Å². The molecular formula is C27H36N2O6. The number of carbonyl (C=O) groups is 2. The van der Waals surface area contributed by atoms with Crippen LogP contribution in [0.3, 0.4) is 0 Å². The molecule has 3 rings (SSSR count). The topological polar surface area (TPSA) is 77.5 Å². The highest BCUT2D eigenvalue weighted by molar-refractivity contribution is 5.91. The highest BCUT2D eigenvalue weighted by atomic mass is 16.6. The van der Waals surface area contributed by atoms with Crippen molar-refractivity contribution in [2.75, 3.05) is 32.3 Å². The van der Waals surface area contributed by atoms with Gasteiger partial charge in [-0.3, -0.25) is 9.80 Å². The molecule has 190 valence electrons. The molecular weight excluding hydrogens is 448 g/mol. The van der Waals surface area contributed by atoms with Crippen molar-refractivity contribution in [1.82, 2.24) is 4.90 Å². The fraction of sp³-hybridized carbons (Fsp3) is 0.481. The lowest BCUT2D eigenvalue weighted by atomic mass is 9.90. The molecule has 0 saturated heterocycles. The third-order valence-electron chi connectivity index (χ3n) is 5.97. The van der Waals surface area contributed by atoms with Crippen LogP contribution in [0, 0.1) is 5.92 Å². The van der Waals surface area contributed by atoms with Gasteiger partial charge < -0.3 is 18.9 Å². The first-order chi connectivity index (χ1) is 16.8. The van der Waals surface area contributed by atoms with E-state index in [2.05, 4.69) is 0 Å². The maximum absolute atomic E-state index is 13.2. The number of hydrogen-bond acceptors (Lipinski definition) is 6. The molecule has 2 amide bonds. The molecule has 8 nitrogen and oxygen atoms in total. The number of amides is 2. The van der Waals surface area contributed by atoms with Gasteiger partial charge in [-0.05, 0) is 37.8 Å². The molecule has 0 spiro atoms. The third kappa shape index (κ3) is 5.99. The molecule has 0 radical (unpaired) electrons. The number of nitrogens with zero attached hydrogens (tertiary/aromatic N) is 2. The first-order valence-corrected chi connectivity index (χ1v) is 12.0. The highest BCUT2D eigenvalue weighted by Gasteiger charge is 2.40. The first kappa shape index (κ1) is 26.2. The van der Waals surface area contributed by atoms with E-state index >= 15 is 0 Å². The summed E-state index contributed by atoms with van der Waals surface area (Å²) in [5.41, 5.74) is 2.38. The zero-order valence-electron chi connectivity index (χ0n) is 21.4. The minimum absolute atomic E-state index is 0.210. The Morgan fingerprint density at radius 1 is 1.06 bits per heavy atom. The monoisotopic (exact) mass is 484 g/mol. The van der Waals surface area contributed by atoms with E-state index in [9.17, 15) is 9.59 Å². The van der Waals surface area contributed by atoms with E-state index < -0.39 is 12.2 Å². The molecule has 8 heteroatoms. The molecule has 0 N–H and O–H groups in total. The number of ether oxygens (including phenoxy) is 4. The number of methoxy groups -OCH3 is 2. The largest absolute Gasteiger partial charge is 0.493 e. The lowest BCUT2D eigenvalue weighted by Crippen LogP contribution is -2.48. The van der Waals surface area contributed by atoms with Gasteiger partial charge in [0, 0.05) is 24.2 Å². The molecule has 1 aliphatic heterocycles. The number of anilines is 1. The minimum atomic E-state index is -0.427. The normalized spacial score (nSPS) is 16.9. The van der Waals surface area contributed by atoms with E-state index in [1.807, 2.05) is 57.2 Å². The van der Waals surface area contributed by atoms with Crippen LogP contribution in [0.5, 0.6) is 11.5 Å². The lowest BCUT2D eigenvalue weighted by Gasteiger charge is -2.43. The maximum atomic E-state index is 13.2. The second kappa shape index (κ2) is 11.8. The fourth-order valence-electron chi connectivity index (χ4n) is 4.32. The fourth-order valence-corrected chi connectivity index (χ4v) is 4.32. The quantitative estimate of drug-likeness (QED) is 0.472. The summed E-state index contributed by atoms with van der Waals surface area (Å²) in [5, 5.41) is 0. The van der Waals surface area contributed by atoms with Crippen LogP contribution in [0.2, 0.25) is 0 Å². The van der Waals surface area contributed by atoms with Crippen LogP contribution in [0.1, 0.15) is 51.3 Å². The minimum Gasteiger partial charge on any atom is -0.493 e. The molecule has 0 unspecified atom stereocenters. The molecule has 2 atom stereocenters. The van der Waals surface area contributed by atoms with Gasteiger partial charge >= 0.3 is 12.2 Å². The standard InChI is InChI=1S/C27H36N2O6/c1-7-34-26(30)28(16-20-11-9-8-10-12-20)22-13-19(4)29(27(31)35-17-18(2)3)23-15-25(33-6)24(32-5)14-21(22)23/h8-12,14-15,18-19,22H,7,13,16-17H2,1-6H3/t19-,22+/m1/s1. The van der Waals surface area contributed by atoms with E-state index in [0.717, 1.165) is 11.1 Å². The van der Waals surface area contributed by atoms with Crippen molar-refractivity contribution in [3.8, 4) is 11.5 Å². The van der Waals surface area contributed by atoms with Crippen LogP contribution in [-0.4, -0.2) is 50.6 Å². The lowest BCUT2D eigenvalue weighted by molar-refractivity contribution is 0.0806. The molecule has 2 aromatic rings. The van der Waals surface area contributed by atoms with Crippen molar-refractivity contribution in [1.29, 1.82) is 0 Å². The van der Waals surface area contributed by atoms with Crippen LogP contribution < -0.4 is 14.4 Å². The maximum Gasteiger partial charge on any atom is 0.414 e. The average molecular weight is 485 g/mol. The Bertz CT molecular complexity index is 1010. The van der Waals surface area contributed by atoms with Gasteiger partial charge in [-0.25, -0.2) is 9.59 Å². The van der Waals surface area contributed by atoms with Crippen molar-refractivity contribution in [3.05, 3.63) is 53.6 Å². The molecule has 0 aromatic heterocycles. The van der Waals surface area contributed by atoms with Crippen molar-refractivity contribution in [3.63, 3.8) is 0 Å². The Hall–Kier alpha value is -3.42. The second-order valence-corrected chi connectivity index (χ2v) is 9.02. The zero-order chi connectivity index (χ0) is 25.5. The molecule has 2 aromatic carbocycles. The van der Waals surface area contributed by atoms with Crippen LogP contribution in [-0.2, 0) is 16.0 Å². The Morgan fingerprint density at radius 2 is 1.71 bits per heavy atom. The van der Waals surface area contributed by atoms with Crippen molar-refractivity contribution < 1.29 is 28.5 Å². The van der Waals surface area contributed by atoms with Gasteiger partial charge in [0.2, 0.25) is 0 Å². The number of rotatable bonds is 8. The van der Waals surface area contributed by atoms with Crippen LogP contribution in [0.15, 0.2) is 42.5 Å². The number of fused-ring (bicyclic) bond motifs is 1. The smallest absolute Gasteiger partial charge is 0.414 e. The van der Waals surface area contributed by atoms with Crippen LogP contribution in [0.4, 0.5) is 15.3 Å². The molecule has 0 bridgehead atoms. The predicted octanol–water partition coefficient (Wildman–Crippen LogP) is 5.79. The number of carbonyl (C=O) groups excluding carboxylic acids is 2. The van der Waals surface area contributed by atoms with Crippen molar-refractivity contribution in [2.45, 2.75) is 52.7 Å². The summed E-state index contributed by atoms with van der Waals surface area (Å²) in [7, 11) is 3.11. The Balaban J connectivity index is 2.10. The van der Waals surface area contributed by atoms with E-state index in [1.54, 1.807) is 37.0 Å². The summed E-state index contributed by atoms with van der Waals surface area (Å²) in [4.78, 5) is 29.7. The van der Waals surface area contributed by atoms with Crippen LogP contribution >= 0.6 is 0 Å². The zero-order valence-corrected chi connectivity index (χ0v) is 21.4. The van der Waals surface area contributed by atoms with E-state index in [1.165, 1.54) is 0 Å². The van der Waals surface area contributed by atoms with Gasteiger partial charge in [0.1, 0.15) is 0 Å². The van der Waals surface area contributed by atoms with Gasteiger partial charge in [0.05, 0.1) is 39.2 Å². The third-order valence-corrected chi connectivity index (χ3v) is 5.97. The summed E-state index contributed by atoms with van der Waals surface area (Å²) in [6.07, 6.45) is -0.334. The Labute approximate surface area is 207 Å². The molecule has 1 aliphatic rings. The Kier molecular flexibility index (Phi) is 8.84. The molecule has 0 saturated carbocycles. The highest BCUT2D eigenvalue weighted by Crippen LogP contribution is 2.46. The van der Waals surface area contributed by atoms with Gasteiger partial charge in [0.25, 0.3) is 0 Å². The van der Waals surface area contributed by atoms with E-state index in [0.29, 0.717) is 36.8 Å². The second-order valence-electron chi connectivity index (χ2n) is 9.02. The summed E-state index contributed by atoms with van der Waals surface area (Å²) in [5.74, 6) is 1.22. The average Bonchev–Trinajstić information content (AvgIpc) is 2.85. The van der Waals surface area contributed by atoms with Gasteiger partial charge in [-0.1, -0.05) is 44.2 Å². The number of benzene rings is 2. The first-order valence-electron chi connectivity index (χ1n) is 12.0. The van der Waals surface area contributed by atoms with E-state index in [-0.39, 0.29) is 24.6 Å².